The summed E-state index contributed by atoms with van der Waals surface area (Å²) < 4.78 is 1.99. The molecule has 0 aromatic carbocycles. The molecular formula is C13H21N3O. The van der Waals surface area contributed by atoms with E-state index < -0.39 is 0 Å². The number of rotatable bonds is 4. The maximum absolute atomic E-state index is 11.6. The Labute approximate surface area is 102 Å². The lowest BCUT2D eigenvalue weighted by Gasteiger charge is -2.23. The molecule has 94 valence electrons. The van der Waals surface area contributed by atoms with Gasteiger partial charge in [0.05, 0.1) is 12.2 Å². The quantitative estimate of drug-likeness (QED) is 0.871. The number of aromatic nitrogens is 2. The number of carbonyl (C=O) groups excluding carboxylic acids is 1. The number of amides is 1. The van der Waals surface area contributed by atoms with E-state index in [0.29, 0.717) is 12.5 Å². The second-order valence-corrected chi connectivity index (χ2v) is 4.75. The molecule has 17 heavy (non-hydrogen) atoms. The van der Waals surface area contributed by atoms with Crippen LogP contribution in [0.2, 0.25) is 0 Å². The number of hydrogen-bond donors (Lipinski definition) is 1. The normalized spacial score (nSPS) is 17.0. The Kier molecular flexibility index (Phi) is 4.18. The summed E-state index contributed by atoms with van der Waals surface area (Å²) in [5.41, 5.74) is 0. The molecule has 0 unspecified atom stereocenters. The molecule has 2 rings (SSSR count). The van der Waals surface area contributed by atoms with Gasteiger partial charge in [0.25, 0.3) is 0 Å². The van der Waals surface area contributed by atoms with Crippen molar-refractivity contribution in [1.82, 2.24) is 9.78 Å². The van der Waals surface area contributed by atoms with Gasteiger partial charge in [-0.05, 0) is 19.3 Å². The van der Waals surface area contributed by atoms with Crippen molar-refractivity contribution in [2.45, 2.75) is 57.9 Å². The highest BCUT2D eigenvalue weighted by molar-refractivity contribution is 5.89. The van der Waals surface area contributed by atoms with Gasteiger partial charge in [0.15, 0.2) is 0 Å². The first-order valence-corrected chi connectivity index (χ1v) is 6.64. The average molecular weight is 235 g/mol. The molecule has 1 saturated carbocycles. The minimum absolute atomic E-state index is 0.0880. The molecule has 1 heterocycles. The maximum Gasteiger partial charge on any atom is 0.225 e. The van der Waals surface area contributed by atoms with E-state index >= 15 is 0 Å². The average Bonchev–Trinajstić information content (AvgIpc) is 2.78. The first-order chi connectivity index (χ1) is 8.31. The number of carbonyl (C=O) groups is 1. The number of nitrogens with zero attached hydrogens (tertiary/aromatic N) is 2. The Morgan fingerprint density at radius 1 is 1.47 bits per heavy atom. The van der Waals surface area contributed by atoms with Gasteiger partial charge >= 0.3 is 0 Å². The third-order valence-electron chi connectivity index (χ3n) is 3.34. The molecule has 0 atom stereocenters. The molecule has 1 aromatic rings. The van der Waals surface area contributed by atoms with Crippen molar-refractivity contribution in [3.8, 4) is 0 Å². The summed E-state index contributed by atoms with van der Waals surface area (Å²) in [5, 5.41) is 7.31. The molecule has 0 aliphatic heterocycles. The predicted molar refractivity (Wildman–Crippen MR) is 67.9 cm³/mol. The van der Waals surface area contributed by atoms with Crippen molar-refractivity contribution in [3.63, 3.8) is 0 Å². The van der Waals surface area contributed by atoms with Crippen LogP contribution in [0.25, 0.3) is 0 Å². The highest BCUT2D eigenvalue weighted by Gasteiger charge is 2.18. The number of anilines is 1. The van der Waals surface area contributed by atoms with Crippen LogP contribution in [0.1, 0.15) is 57.9 Å². The summed E-state index contributed by atoms with van der Waals surface area (Å²) >= 11 is 0. The Morgan fingerprint density at radius 3 is 2.94 bits per heavy atom. The van der Waals surface area contributed by atoms with Crippen molar-refractivity contribution in [1.29, 1.82) is 0 Å². The van der Waals surface area contributed by atoms with Crippen molar-refractivity contribution >= 4 is 11.7 Å². The molecule has 0 spiro atoms. The van der Waals surface area contributed by atoms with E-state index in [9.17, 15) is 4.79 Å². The molecular weight excluding hydrogens is 214 g/mol. The van der Waals surface area contributed by atoms with Gasteiger partial charge in [-0.25, -0.2) is 4.68 Å². The van der Waals surface area contributed by atoms with Gasteiger partial charge in [-0.15, -0.1) is 0 Å². The summed E-state index contributed by atoms with van der Waals surface area (Å²) in [6.07, 6.45) is 9.46. The van der Waals surface area contributed by atoms with Crippen LogP contribution in [0.5, 0.6) is 0 Å². The Morgan fingerprint density at radius 2 is 2.24 bits per heavy atom. The van der Waals surface area contributed by atoms with E-state index in [1.165, 1.54) is 32.1 Å². The smallest absolute Gasteiger partial charge is 0.225 e. The first-order valence-electron chi connectivity index (χ1n) is 6.64. The summed E-state index contributed by atoms with van der Waals surface area (Å²) in [7, 11) is 0. The third-order valence-corrected chi connectivity index (χ3v) is 3.34. The Hall–Kier alpha value is -1.32. The van der Waals surface area contributed by atoms with Gasteiger partial charge in [-0.2, -0.15) is 5.10 Å². The van der Waals surface area contributed by atoms with E-state index in [0.717, 1.165) is 12.2 Å². The van der Waals surface area contributed by atoms with Crippen LogP contribution < -0.4 is 5.32 Å². The van der Waals surface area contributed by atoms with E-state index in [4.69, 9.17) is 0 Å². The van der Waals surface area contributed by atoms with Crippen LogP contribution in [-0.2, 0) is 4.79 Å². The molecule has 4 nitrogen and oxygen atoms in total. The molecule has 0 bridgehead atoms. The van der Waals surface area contributed by atoms with E-state index in [1.807, 2.05) is 17.7 Å². The summed E-state index contributed by atoms with van der Waals surface area (Å²) in [5.74, 6) is 0.945. The zero-order valence-electron chi connectivity index (χ0n) is 10.5. The molecule has 0 saturated heterocycles. The summed E-state index contributed by atoms with van der Waals surface area (Å²) in [6.45, 7) is 2.01. The molecule has 0 radical (unpaired) electrons. The fraction of sp³-hybridized carbons (Fsp3) is 0.692. The standard InChI is InChI=1S/C13H21N3O/c1-2-6-13(17)15-12-9-10-14-16(12)11-7-4-3-5-8-11/h9-11H,2-8H2,1H3,(H,15,17). The third kappa shape index (κ3) is 3.08. The first kappa shape index (κ1) is 12.1. The minimum Gasteiger partial charge on any atom is -0.311 e. The van der Waals surface area contributed by atoms with Gasteiger partial charge in [0.2, 0.25) is 5.91 Å². The molecule has 1 amide bonds. The second-order valence-electron chi connectivity index (χ2n) is 4.75. The van der Waals surface area contributed by atoms with Crippen molar-refractivity contribution in [3.05, 3.63) is 12.3 Å². The molecule has 1 aliphatic carbocycles. The molecule has 1 aromatic heterocycles. The maximum atomic E-state index is 11.6. The van der Waals surface area contributed by atoms with E-state index in [1.54, 1.807) is 6.20 Å². The fourth-order valence-corrected chi connectivity index (χ4v) is 2.46. The molecule has 1 N–H and O–H groups in total. The van der Waals surface area contributed by atoms with Crippen LogP contribution in [0.4, 0.5) is 5.82 Å². The largest absolute Gasteiger partial charge is 0.311 e. The highest BCUT2D eigenvalue weighted by Crippen LogP contribution is 2.29. The predicted octanol–water partition coefficient (Wildman–Crippen LogP) is 3.13. The van der Waals surface area contributed by atoms with E-state index in [-0.39, 0.29) is 5.91 Å². The van der Waals surface area contributed by atoms with Crippen LogP contribution in [0.3, 0.4) is 0 Å². The summed E-state index contributed by atoms with van der Waals surface area (Å²) in [4.78, 5) is 11.6. The lowest BCUT2D eigenvalue weighted by Crippen LogP contribution is -2.19. The zero-order valence-corrected chi connectivity index (χ0v) is 10.5. The fourth-order valence-electron chi connectivity index (χ4n) is 2.46. The Bertz CT molecular complexity index is 366. The zero-order chi connectivity index (χ0) is 12.1. The number of hydrogen-bond acceptors (Lipinski definition) is 2. The van der Waals surface area contributed by atoms with Gasteiger partial charge in [0.1, 0.15) is 5.82 Å². The highest BCUT2D eigenvalue weighted by atomic mass is 16.1. The SMILES string of the molecule is CCCC(=O)Nc1ccnn1C1CCCCC1. The minimum atomic E-state index is 0.0880. The van der Waals surface area contributed by atoms with Gasteiger partial charge in [-0.1, -0.05) is 26.2 Å². The van der Waals surface area contributed by atoms with Gasteiger partial charge < -0.3 is 5.32 Å². The second kappa shape index (κ2) is 5.84. The summed E-state index contributed by atoms with van der Waals surface area (Å²) in [6, 6.07) is 2.36. The van der Waals surface area contributed by atoms with Crippen molar-refractivity contribution in [2.24, 2.45) is 0 Å². The van der Waals surface area contributed by atoms with Crippen LogP contribution in [0.15, 0.2) is 12.3 Å². The van der Waals surface area contributed by atoms with Crippen LogP contribution in [-0.4, -0.2) is 15.7 Å². The van der Waals surface area contributed by atoms with Gasteiger partial charge in [0, 0.05) is 12.5 Å². The lowest BCUT2D eigenvalue weighted by molar-refractivity contribution is -0.116. The van der Waals surface area contributed by atoms with Crippen molar-refractivity contribution < 1.29 is 4.79 Å². The van der Waals surface area contributed by atoms with E-state index in [2.05, 4.69) is 10.4 Å². The molecule has 1 fully saturated rings. The van der Waals surface area contributed by atoms with Crippen LogP contribution in [0, 0.1) is 0 Å². The molecule has 4 heteroatoms. The Balaban J connectivity index is 2.02. The number of nitrogens with one attached hydrogen (secondary N) is 1. The van der Waals surface area contributed by atoms with Crippen LogP contribution >= 0.6 is 0 Å². The lowest BCUT2D eigenvalue weighted by atomic mass is 9.96. The van der Waals surface area contributed by atoms with Crippen molar-refractivity contribution in [2.75, 3.05) is 5.32 Å². The topological polar surface area (TPSA) is 46.9 Å². The van der Waals surface area contributed by atoms with Gasteiger partial charge in [-0.3, -0.25) is 4.79 Å². The monoisotopic (exact) mass is 235 g/mol. The molecule has 1 aliphatic rings.